The van der Waals surface area contributed by atoms with Gasteiger partial charge in [0, 0.05) is 5.56 Å². The summed E-state index contributed by atoms with van der Waals surface area (Å²) in [4.78, 5) is 12.3. The molecule has 4 heteroatoms. The van der Waals surface area contributed by atoms with Crippen LogP contribution in [-0.2, 0) is 0 Å². The monoisotopic (exact) mass is 360 g/mol. The Morgan fingerprint density at radius 3 is 2.59 bits per heavy atom. The first-order chi connectivity index (χ1) is 10.4. The van der Waals surface area contributed by atoms with Crippen LogP contribution in [0.5, 0.6) is 11.5 Å². The van der Waals surface area contributed by atoms with E-state index in [-0.39, 0.29) is 11.5 Å². The van der Waals surface area contributed by atoms with Crippen LogP contribution in [0.4, 0.5) is 0 Å². The molecule has 0 saturated carbocycles. The number of benzene rings is 2. The van der Waals surface area contributed by atoms with E-state index in [0.717, 1.165) is 16.7 Å². The molecule has 0 saturated heterocycles. The molecule has 0 unspecified atom stereocenters. The van der Waals surface area contributed by atoms with E-state index >= 15 is 0 Å². The van der Waals surface area contributed by atoms with Gasteiger partial charge < -0.3 is 9.84 Å². The zero-order valence-corrected chi connectivity index (χ0v) is 14.3. The Bertz CT molecular complexity index is 748. The minimum Gasteiger partial charge on any atom is -0.503 e. The van der Waals surface area contributed by atoms with Crippen LogP contribution in [0.3, 0.4) is 0 Å². The van der Waals surface area contributed by atoms with E-state index in [1.54, 1.807) is 18.2 Å². The van der Waals surface area contributed by atoms with Crippen LogP contribution in [0.1, 0.15) is 27.0 Å². The molecule has 2 rings (SSSR count). The third kappa shape index (κ3) is 3.57. The number of phenolic OH excluding ortho intramolecular Hbond substituents is 1. The first-order valence-electron chi connectivity index (χ1n) is 6.78. The lowest BCUT2D eigenvalue weighted by atomic mass is 10.0. The number of carbonyl (C=O) groups is 1. The lowest BCUT2D eigenvalue weighted by Gasteiger charge is -2.06. The first kappa shape index (κ1) is 16.3. The molecule has 3 nitrogen and oxygen atoms in total. The van der Waals surface area contributed by atoms with Crippen LogP contribution in [0.2, 0.25) is 0 Å². The van der Waals surface area contributed by atoms with E-state index in [1.807, 2.05) is 32.0 Å². The lowest BCUT2D eigenvalue weighted by Crippen LogP contribution is -1.98. The van der Waals surface area contributed by atoms with Crippen molar-refractivity contribution in [2.24, 2.45) is 0 Å². The summed E-state index contributed by atoms with van der Waals surface area (Å²) in [6, 6.07) is 9.15. The number of ketones is 1. The van der Waals surface area contributed by atoms with Gasteiger partial charge in [-0.2, -0.15) is 0 Å². The number of hydrogen-bond donors (Lipinski definition) is 1. The lowest BCUT2D eigenvalue weighted by molar-refractivity contribution is 0.104. The van der Waals surface area contributed by atoms with Gasteiger partial charge >= 0.3 is 0 Å². The summed E-state index contributed by atoms with van der Waals surface area (Å²) in [5, 5.41) is 9.78. The molecule has 0 radical (unpaired) electrons. The quantitative estimate of drug-likeness (QED) is 0.636. The second-order valence-electron chi connectivity index (χ2n) is 5.07. The zero-order valence-electron chi connectivity index (χ0n) is 12.7. The van der Waals surface area contributed by atoms with Crippen molar-refractivity contribution in [2.45, 2.75) is 13.8 Å². The maximum absolute atomic E-state index is 12.3. The Hall–Kier alpha value is -2.07. The van der Waals surface area contributed by atoms with Gasteiger partial charge in [-0.25, -0.2) is 0 Å². The van der Waals surface area contributed by atoms with Crippen LogP contribution in [0, 0.1) is 13.8 Å². The number of halogens is 1. The topological polar surface area (TPSA) is 46.5 Å². The van der Waals surface area contributed by atoms with E-state index in [9.17, 15) is 9.90 Å². The number of hydrogen-bond acceptors (Lipinski definition) is 3. The summed E-state index contributed by atoms with van der Waals surface area (Å²) < 4.78 is 5.61. The molecule has 22 heavy (non-hydrogen) atoms. The molecule has 0 aliphatic carbocycles. The number of phenols is 1. The SMILES string of the molecule is COc1cc(C=CC(=O)c2ccc(C)cc2C)cc(Br)c1O. The fraction of sp³-hybridized carbons (Fsp3) is 0.167. The van der Waals surface area contributed by atoms with Gasteiger partial charge in [-0.15, -0.1) is 0 Å². The fourth-order valence-corrected chi connectivity index (χ4v) is 2.66. The maximum Gasteiger partial charge on any atom is 0.186 e. The first-order valence-corrected chi connectivity index (χ1v) is 7.58. The predicted octanol–water partition coefficient (Wildman–Crippen LogP) is 4.68. The van der Waals surface area contributed by atoms with Crippen molar-refractivity contribution in [1.29, 1.82) is 0 Å². The van der Waals surface area contributed by atoms with Crippen LogP contribution < -0.4 is 4.74 Å². The van der Waals surface area contributed by atoms with E-state index in [4.69, 9.17) is 4.74 Å². The maximum atomic E-state index is 12.3. The average Bonchev–Trinajstić information content (AvgIpc) is 2.48. The Balaban J connectivity index is 2.28. The second-order valence-corrected chi connectivity index (χ2v) is 5.92. The number of methoxy groups -OCH3 is 1. The molecule has 0 aliphatic heterocycles. The molecular formula is C18H17BrO3. The molecule has 2 aromatic rings. The minimum absolute atomic E-state index is 0.0420. The number of aryl methyl sites for hydroxylation is 2. The van der Waals surface area contributed by atoms with Gasteiger partial charge in [-0.1, -0.05) is 29.8 Å². The Labute approximate surface area is 138 Å². The van der Waals surface area contributed by atoms with Crippen molar-refractivity contribution >= 4 is 27.8 Å². The van der Waals surface area contributed by atoms with Crippen molar-refractivity contribution < 1.29 is 14.6 Å². The van der Waals surface area contributed by atoms with Gasteiger partial charge in [0.05, 0.1) is 11.6 Å². The van der Waals surface area contributed by atoms with Gasteiger partial charge in [-0.05, 0) is 59.1 Å². The van der Waals surface area contributed by atoms with Crippen molar-refractivity contribution in [3.8, 4) is 11.5 Å². The molecule has 0 spiro atoms. The molecule has 1 N–H and O–H groups in total. The van der Waals surface area contributed by atoms with Crippen molar-refractivity contribution in [2.75, 3.05) is 7.11 Å². The van der Waals surface area contributed by atoms with Crippen molar-refractivity contribution in [3.63, 3.8) is 0 Å². The van der Waals surface area contributed by atoms with E-state index in [2.05, 4.69) is 15.9 Å². The van der Waals surface area contributed by atoms with E-state index in [0.29, 0.717) is 15.8 Å². The normalized spacial score (nSPS) is 10.9. The Morgan fingerprint density at radius 2 is 1.95 bits per heavy atom. The molecule has 0 aliphatic rings. The molecule has 114 valence electrons. The highest BCUT2D eigenvalue weighted by Gasteiger charge is 2.09. The highest BCUT2D eigenvalue weighted by molar-refractivity contribution is 9.10. The van der Waals surface area contributed by atoms with Crippen molar-refractivity contribution in [1.82, 2.24) is 0 Å². The molecule has 0 atom stereocenters. The number of allylic oxidation sites excluding steroid dienone is 1. The van der Waals surface area contributed by atoms with Crippen LogP contribution in [0.15, 0.2) is 40.9 Å². The van der Waals surface area contributed by atoms with Gasteiger partial charge in [0.2, 0.25) is 0 Å². The summed E-state index contributed by atoms with van der Waals surface area (Å²) in [6.45, 7) is 3.92. The van der Waals surface area contributed by atoms with E-state index < -0.39 is 0 Å². The summed E-state index contributed by atoms with van der Waals surface area (Å²) in [5.74, 6) is 0.342. The standard InChI is InChI=1S/C18H17BrO3/c1-11-4-6-14(12(2)8-11)16(20)7-5-13-9-15(19)18(21)17(10-13)22-3/h4-10,21H,1-3H3. The fourth-order valence-electron chi connectivity index (χ4n) is 2.20. The summed E-state index contributed by atoms with van der Waals surface area (Å²) >= 11 is 3.26. The summed E-state index contributed by atoms with van der Waals surface area (Å²) in [6.07, 6.45) is 3.23. The largest absolute Gasteiger partial charge is 0.503 e. The van der Waals surface area contributed by atoms with Crippen molar-refractivity contribution in [3.05, 3.63) is 63.1 Å². The molecule has 0 bridgehead atoms. The molecule has 0 fully saturated rings. The minimum atomic E-state index is -0.0549. The molecular weight excluding hydrogens is 344 g/mol. The predicted molar refractivity (Wildman–Crippen MR) is 91.6 cm³/mol. The zero-order chi connectivity index (χ0) is 16.3. The molecule has 0 heterocycles. The third-order valence-electron chi connectivity index (χ3n) is 3.35. The second kappa shape index (κ2) is 6.79. The van der Waals surface area contributed by atoms with Gasteiger partial charge in [0.1, 0.15) is 0 Å². The van der Waals surface area contributed by atoms with Gasteiger partial charge in [0.25, 0.3) is 0 Å². The number of carbonyl (C=O) groups excluding carboxylic acids is 1. The van der Waals surface area contributed by atoms with Crippen LogP contribution in [-0.4, -0.2) is 18.0 Å². The molecule has 2 aromatic carbocycles. The summed E-state index contributed by atoms with van der Waals surface area (Å²) in [7, 11) is 1.48. The molecule has 0 amide bonds. The number of ether oxygens (including phenoxy) is 1. The molecule has 0 aromatic heterocycles. The highest BCUT2D eigenvalue weighted by atomic mass is 79.9. The Morgan fingerprint density at radius 1 is 1.23 bits per heavy atom. The smallest absolute Gasteiger partial charge is 0.186 e. The highest BCUT2D eigenvalue weighted by Crippen LogP contribution is 2.35. The van der Waals surface area contributed by atoms with Crippen LogP contribution in [0.25, 0.3) is 6.08 Å². The van der Waals surface area contributed by atoms with Gasteiger partial charge in [0.15, 0.2) is 17.3 Å². The van der Waals surface area contributed by atoms with E-state index in [1.165, 1.54) is 13.2 Å². The van der Waals surface area contributed by atoms with Gasteiger partial charge in [-0.3, -0.25) is 4.79 Å². The average molecular weight is 361 g/mol. The number of rotatable bonds is 4. The van der Waals surface area contributed by atoms with Crippen LogP contribution >= 0.6 is 15.9 Å². The third-order valence-corrected chi connectivity index (χ3v) is 3.95. The summed E-state index contributed by atoms with van der Waals surface area (Å²) in [5.41, 5.74) is 3.54. The number of aromatic hydroxyl groups is 1. The Kier molecular flexibility index (Phi) is 5.03.